The molecule has 7 heteroatoms. The minimum Gasteiger partial charge on any atom is -0.506 e. The molecular weight excluding hydrogens is 273 g/mol. The van der Waals surface area contributed by atoms with E-state index >= 15 is 0 Å². The molecule has 0 aliphatic heterocycles. The first kappa shape index (κ1) is 14.6. The number of carbonyl (C=O) groups excluding carboxylic acids is 1. The summed E-state index contributed by atoms with van der Waals surface area (Å²) in [6, 6.07) is 2.07. The number of anilines is 1. The van der Waals surface area contributed by atoms with Gasteiger partial charge in [0.25, 0.3) is 0 Å². The van der Waals surface area contributed by atoms with E-state index in [2.05, 4.69) is 5.32 Å². The third-order valence-corrected chi connectivity index (χ3v) is 3.25. The number of benzene rings is 1. The molecule has 1 fully saturated rings. The normalized spacial score (nSPS) is 16.8. The summed E-state index contributed by atoms with van der Waals surface area (Å²) in [7, 11) is 0. The Bertz CT molecular complexity index is 513. The van der Waals surface area contributed by atoms with Crippen LogP contribution >= 0.6 is 0 Å². The van der Waals surface area contributed by atoms with Crippen LogP contribution in [0.2, 0.25) is 0 Å². The monoisotopic (exact) mass is 288 g/mol. The van der Waals surface area contributed by atoms with E-state index in [9.17, 15) is 23.1 Å². The maximum absolute atomic E-state index is 12.5. The Morgan fingerprint density at radius 3 is 2.65 bits per heavy atom. The molecule has 4 nitrogen and oxygen atoms in total. The summed E-state index contributed by atoms with van der Waals surface area (Å²) in [6.07, 6.45) is -2.55. The van der Waals surface area contributed by atoms with Crippen molar-refractivity contribution in [2.75, 3.05) is 5.32 Å². The first-order chi connectivity index (χ1) is 9.27. The Hall–Kier alpha value is -1.76. The second kappa shape index (κ2) is 5.32. The zero-order valence-corrected chi connectivity index (χ0v) is 10.6. The fourth-order valence-electron chi connectivity index (χ4n) is 1.92. The lowest BCUT2D eigenvalue weighted by Crippen LogP contribution is -2.28. The van der Waals surface area contributed by atoms with E-state index in [1.807, 2.05) is 0 Å². The van der Waals surface area contributed by atoms with Gasteiger partial charge in [-0.2, -0.15) is 13.2 Å². The predicted molar refractivity (Wildman–Crippen MR) is 67.1 cm³/mol. The summed E-state index contributed by atoms with van der Waals surface area (Å²) in [5.41, 5.74) is 4.58. The SMILES string of the molecule is NC(CC(=O)Nc1cc(C(F)(F)F)ccc1O)C1CC1. The highest BCUT2D eigenvalue weighted by Gasteiger charge is 2.32. The quantitative estimate of drug-likeness (QED) is 0.745. The van der Waals surface area contributed by atoms with E-state index < -0.39 is 23.4 Å². The van der Waals surface area contributed by atoms with Gasteiger partial charge in [-0.15, -0.1) is 0 Å². The molecule has 0 aromatic heterocycles. The third kappa shape index (κ3) is 3.63. The number of alkyl halides is 3. The van der Waals surface area contributed by atoms with Crippen molar-refractivity contribution in [3.63, 3.8) is 0 Å². The minimum absolute atomic E-state index is 0.0281. The fraction of sp³-hybridized carbons (Fsp3) is 0.462. The maximum atomic E-state index is 12.5. The number of rotatable bonds is 4. The van der Waals surface area contributed by atoms with Crippen LogP contribution < -0.4 is 11.1 Å². The van der Waals surface area contributed by atoms with Gasteiger partial charge in [-0.25, -0.2) is 0 Å². The molecule has 110 valence electrons. The largest absolute Gasteiger partial charge is 0.506 e. The molecule has 1 aromatic carbocycles. The molecule has 1 unspecified atom stereocenters. The molecule has 0 bridgehead atoms. The molecule has 2 rings (SSSR count). The Kier molecular flexibility index (Phi) is 3.89. The highest BCUT2D eigenvalue weighted by molar-refractivity contribution is 5.92. The second-order valence-electron chi connectivity index (χ2n) is 4.98. The molecule has 1 atom stereocenters. The number of halogens is 3. The fourth-order valence-corrected chi connectivity index (χ4v) is 1.92. The predicted octanol–water partition coefficient (Wildman–Crippen LogP) is 2.48. The number of amides is 1. The Morgan fingerprint density at radius 1 is 1.45 bits per heavy atom. The number of hydrogen-bond donors (Lipinski definition) is 3. The topological polar surface area (TPSA) is 75.4 Å². The summed E-state index contributed by atoms with van der Waals surface area (Å²) in [5.74, 6) is -0.596. The van der Waals surface area contributed by atoms with Crippen molar-refractivity contribution in [1.29, 1.82) is 0 Å². The zero-order valence-electron chi connectivity index (χ0n) is 10.6. The van der Waals surface area contributed by atoms with Gasteiger partial charge in [0, 0.05) is 12.5 Å². The van der Waals surface area contributed by atoms with Gasteiger partial charge >= 0.3 is 6.18 Å². The second-order valence-corrected chi connectivity index (χ2v) is 4.98. The molecule has 1 saturated carbocycles. The van der Waals surface area contributed by atoms with Gasteiger partial charge in [0.1, 0.15) is 5.75 Å². The maximum Gasteiger partial charge on any atom is 0.416 e. The summed E-state index contributed by atoms with van der Waals surface area (Å²) in [5, 5.41) is 11.8. The van der Waals surface area contributed by atoms with E-state index in [1.165, 1.54) is 0 Å². The molecule has 4 N–H and O–H groups in total. The van der Waals surface area contributed by atoms with E-state index in [4.69, 9.17) is 5.73 Å². The number of aromatic hydroxyl groups is 1. The van der Waals surface area contributed by atoms with Crippen molar-refractivity contribution in [2.45, 2.75) is 31.5 Å². The Balaban J connectivity index is 2.05. The molecule has 1 aliphatic rings. The van der Waals surface area contributed by atoms with Crippen molar-refractivity contribution in [1.82, 2.24) is 0 Å². The average Bonchev–Trinajstić information content (AvgIpc) is 3.14. The number of nitrogens with two attached hydrogens (primary N) is 1. The molecule has 1 aromatic rings. The van der Waals surface area contributed by atoms with E-state index in [-0.39, 0.29) is 18.2 Å². The highest BCUT2D eigenvalue weighted by atomic mass is 19.4. The number of phenolic OH excluding ortho intramolecular Hbond substituents is 1. The van der Waals surface area contributed by atoms with Crippen LogP contribution in [-0.4, -0.2) is 17.1 Å². The molecule has 1 amide bonds. The minimum atomic E-state index is -4.53. The van der Waals surface area contributed by atoms with Crippen molar-refractivity contribution >= 4 is 11.6 Å². The van der Waals surface area contributed by atoms with Crippen molar-refractivity contribution in [3.05, 3.63) is 23.8 Å². The van der Waals surface area contributed by atoms with Crippen LogP contribution in [0.25, 0.3) is 0 Å². The lowest BCUT2D eigenvalue weighted by atomic mass is 10.1. The number of hydrogen-bond acceptors (Lipinski definition) is 3. The molecular formula is C13H15F3N2O2. The molecule has 0 heterocycles. The molecule has 20 heavy (non-hydrogen) atoms. The van der Waals surface area contributed by atoms with Gasteiger partial charge in [0.05, 0.1) is 11.3 Å². The zero-order chi connectivity index (χ0) is 14.9. The van der Waals surface area contributed by atoms with Gasteiger partial charge < -0.3 is 16.2 Å². The standard InChI is InChI=1S/C13H15F3N2O2/c14-13(15,16)8-3-4-11(19)10(5-8)18-12(20)6-9(17)7-1-2-7/h3-5,7,9,19H,1-2,6,17H2,(H,18,20). The summed E-state index contributed by atoms with van der Waals surface area (Å²) in [4.78, 5) is 11.7. The smallest absolute Gasteiger partial charge is 0.416 e. The molecule has 1 aliphatic carbocycles. The summed E-state index contributed by atoms with van der Waals surface area (Å²) >= 11 is 0. The molecule has 0 saturated heterocycles. The Morgan fingerprint density at radius 2 is 2.10 bits per heavy atom. The summed E-state index contributed by atoms with van der Waals surface area (Å²) in [6.45, 7) is 0. The lowest BCUT2D eigenvalue weighted by Gasteiger charge is -2.13. The van der Waals surface area contributed by atoms with Crippen molar-refractivity contribution < 1.29 is 23.1 Å². The van der Waals surface area contributed by atoms with Gasteiger partial charge in [0.15, 0.2) is 0 Å². The lowest BCUT2D eigenvalue weighted by molar-refractivity contribution is -0.137. The van der Waals surface area contributed by atoms with Gasteiger partial charge in [-0.1, -0.05) is 0 Å². The van der Waals surface area contributed by atoms with E-state index in [1.54, 1.807) is 0 Å². The van der Waals surface area contributed by atoms with Crippen LogP contribution in [0.15, 0.2) is 18.2 Å². The van der Waals surface area contributed by atoms with Crippen molar-refractivity contribution in [3.8, 4) is 5.75 Å². The van der Waals surface area contributed by atoms with Crippen LogP contribution in [0, 0.1) is 5.92 Å². The third-order valence-electron chi connectivity index (χ3n) is 3.25. The number of nitrogens with one attached hydrogen (secondary N) is 1. The van der Waals surface area contributed by atoms with Crippen LogP contribution in [0.4, 0.5) is 18.9 Å². The van der Waals surface area contributed by atoms with Gasteiger partial charge in [-0.05, 0) is 37.0 Å². The van der Waals surface area contributed by atoms with E-state index in [0.29, 0.717) is 12.0 Å². The number of carbonyl (C=O) groups is 1. The highest BCUT2D eigenvalue weighted by Crippen LogP contribution is 2.35. The van der Waals surface area contributed by atoms with Crippen LogP contribution in [0.1, 0.15) is 24.8 Å². The average molecular weight is 288 g/mol. The van der Waals surface area contributed by atoms with Crippen LogP contribution in [-0.2, 0) is 11.0 Å². The van der Waals surface area contributed by atoms with Gasteiger partial charge in [0.2, 0.25) is 5.91 Å². The number of phenols is 1. The Labute approximate surface area is 113 Å². The summed E-state index contributed by atoms with van der Waals surface area (Å²) < 4.78 is 37.6. The van der Waals surface area contributed by atoms with Crippen molar-refractivity contribution in [2.24, 2.45) is 11.7 Å². The van der Waals surface area contributed by atoms with E-state index in [0.717, 1.165) is 25.0 Å². The molecule has 0 spiro atoms. The van der Waals surface area contributed by atoms with Crippen LogP contribution in [0.3, 0.4) is 0 Å². The molecule has 0 radical (unpaired) electrons. The van der Waals surface area contributed by atoms with Crippen LogP contribution in [0.5, 0.6) is 5.75 Å². The first-order valence-electron chi connectivity index (χ1n) is 6.23. The van der Waals surface area contributed by atoms with Gasteiger partial charge in [-0.3, -0.25) is 4.79 Å². The first-order valence-corrected chi connectivity index (χ1v) is 6.23.